The number of hydrogen-bond donors (Lipinski definition) is 1. The molecule has 0 saturated heterocycles. The zero-order valence-electron chi connectivity index (χ0n) is 10.2. The minimum Gasteiger partial charge on any atom is -0.253 e. The lowest BCUT2D eigenvalue weighted by molar-refractivity contribution is -0.0334. The first-order valence-corrected chi connectivity index (χ1v) is 8.71. The van der Waals surface area contributed by atoms with Crippen LogP contribution in [0.1, 0.15) is 32.1 Å². The van der Waals surface area contributed by atoms with Crippen LogP contribution in [-0.2, 0) is 9.71 Å². The number of rotatable bonds is 3. The maximum atomic E-state index is 11.6. The zero-order chi connectivity index (χ0) is 11.3. The van der Waals surface area contributed by atoms with Crippen molar-refractivity contribution < 1.29 is 4.21 Å². The molecule has 92 valence electrons. The van der Waals surface area contributed by atoms with Gasteiger partial charge in [-0.1, -0.05) is 0 Å². The Kier molecular flexibility index (Phi) is 2.59. The molecule has 0 heterocycles. The van der Waals surface area contributed by atoms with E-state index in [1.807, 2.05) is 0 Å². The SMILES string of the molecule is C=S(C)(=O)NCC1C2CC3CC(C2)CC1C3. The molecular formula is C13H23NOS. The van der Waals surface area contributed by atoms with E-state index in [1.165, 1.54) is 32.1 Å². The van der Waals surface area contributed by atoms with Crippen molar-refractivity contribution in [2.75, 3.05) is 12.8 Å². The first kappa shape index (κ1) is 11.1. The zero-order valence-corrected chi connectivity index (χ0v) is 11.0. The summed E-state index contributed by atoms with van der Waals surface area (Å²) in [6.45, 7) is 0.938. The van der Waals surface area contributed by atoms with Crippen molar-refractivity contribution in [3.8, 4) is 0 Å². The van der Waals surface area contributed by atoms with Crippen LogP contribution in [0.2, 0.25) is 0 Å². The highest BCUT2D eigenvalue weighted by Crippen LogP contribution is 2.56. The summed E-state index contributed by atoms with van der Waals surface area (Å²) >= 11 is 0. The van der Waals surface area contributed by atoms with Gasteiger partial charge in [0.25, 0.3) is 0 Å². The standard InChI is InChI=1S/C13H23NOS/c1-16(2,15)14-8-13-11-4-9-3-10(6-11)7-12(13)5-9/h9-13H,1,3-8H2,2H3,(H,14,15). The average molecular weight is 241 g/mol. The Morgan fingerprint density at radius 3 is 2.06 bits per heavy atom. The van der Waals surface area contributed by atoms with Gasteiger partial charge in [0, 0.05) is 22.5 Å². The topological polar surface area (TPSA) is 29.1 Å². The summed E-state index contributed by atoms with van der Waals surface area (Å²) in [6.07, 6.45) is 9.00. The predicted molar refractivity (Wildman–Crippen MR) is 69.7 cm³/mol. The highest BCUT2D eigenvalue weighted by Gasteiger charge is 2.47. The molecule has 4 fully saturated rings. The quantitative estimate of drug-likeness (QED) is 0.751. The van der Waals surface area contributed by atoms with Crippen molar-refractivity contribution in [1.29, 1.82) is 0 Å². The smallest absolute Gasteiger partial charge is 0.0220 e. The molecule has 1 N–H and O–H groups in total. The molecule has 1 atom stereocenters. The maximum absolute atomic E-state index is 11.6. The van der Waals surface area contributed by atoms with E-state index >= 15 is 0 Å². The summed E-state index contributed by atoms with van der Waals surface area (Å²) in [7, 11) is -2.01. The summed E-state index contributed by atoms with van der Waals surface area (Å²) < 4.78 is 14.8. The fourth-order valence-electron chi connectivity index (χ4n) is 4.64. The Bertz CT molecular complexity index is 345. The lowest BCUT2D eigenvalue weighted by Gasteiger charge is -2.54. The summed E-state index contributed by atoms with van der Waals surface area (Å²) in [5.41, 5.74) is 0. The van der Waals surface area contributed by atoms with Crippen molar-refractivity contribution >= 4 is 15.6 Å². The fraction of sp³-hybridized carbons (Fsp3) is 0.923. The monoisotopic (exact) mass is 241 g/mol. The fourth-order valence-corrected chi connectivity index (χ4v) is 5.19. The van der Waals surface area contributed by atoms with Crippen LogP contribution in [0.25, 0.3) is 0 Å². The molecule has 0 amide bonds. The van der Waals surface area contributed by atoms with Crippen molar-refractivity contribution in [2.24, 2.45) is 29.6 Å². The van der Waals surface area contributed by atoms with E-state index in [4.69, 9.17) is 0 Å². The molecule has 4 aliphatic carbocycles. The molecule has 3 heteroatoms. The van der Waals surface area contributed by atoms with E-state index in [0.717, 1.165) is 36.1 Å². The van der Waals surface area contributed by atoms with Crippen LogP contribution in [0.3, 0.4) is 0 Å². The van der Waals surface area contributed by atoms with Crippen LogP contribution in [0.15, 0.2) is 0 Å². The third kappa shape index (κ3) is 2.04. The third-order valence-corrected chi connectivity index (χ3v) is 5.82. The van der Waals surface area contributed by atoms with Gasteiger partial charge in [-0.25, -0.2) is 4.72 Å². The molecule has 16 heavy (non-hydrogen) atoms. The van der Waals surface area contributed by atoms with E-state index in [9.17, 15) is 4.21 Å². The lowest BCUT2D eigenvalue weighted by atomic mass is 9.52. The minimum absolute atomic E-state index is 0.787. The van der Waals surface area contributed by atoms with Gasteiger partial charge in [-0.15, -0.1) is 0 Å². The van der Waals surface area contributed by atoms with Crippen LogP contribution in [0, 0.1) is 29.6 Å². The van der Waals surface area contributed by atoms with E-state index in [2.05, 4.69) is 10.6 Å². The minimum atomic E-state index is -2.01. The van der Waals surface area contributed by atoms with Gasteiger partial charge in [0.05, 0.1) is 0 Å². The molecule has 0 radical (unpaired) electrons. The van der Waals surface area contributed by atoms with E-state index in [0.29, 0.717) is 0 Å². The Morgan fingerprint density at radius 2 is 1.62 bits per heavy atom. The average Bonchev–Trinajstić information content (AvgIpc) is 2.13. The predicted octanol–water partition coefficient (Wildman–Crippen LogP) is 1.91. The summed E-state index contributed by atoms with van der Waals surface area (Å²) in [5, 5.41) is 0. The van der Waals surface area contributed by atoms with E-state index in [1.54, 1.807) is 6.26 Å². The summed E-state index contributed by atoms with van der Waals surface area (Å²) in [4.78, 5) is 0. The van der Waals surface area contributed by atoms with Gasteiger partial charge in [0.2, 0.25) is 0 Å². The first-order chi connectivity index (χ1) is 7.51. The Hall–Kier alpha value is -0.0200. The van der Waals surface area contributed by atoms with Crippen LogP contribution < -0.4 is 4.72 Å². The van der Waals surface area contributed by atoms with E-state index in [-0.39, 0.29) is 0 Å². The lowest BCUT2D eigenvalue weighted by Crippen LogP contribution is -2.48. The van der Waals surface area contributed by atoms with Gasteiger partial charge in [-0.3, -0.25) is 4.21 Å². The second-order valence-electron chi connectivity index (χ2n) is 6.45. The van der Waals surface area contributed by atoms with Crippen molar-refractivity contribution in [3.05, 3.63) is 0 Å². The molecule has 0 aliphatic heterocycles. The van der Waals surface area contributed by atoms with Crippen molar-refractivity contribution in [3.63, 3.8) is 0 Å². The number of hydrogen-bond acceptors (Lipinski definition) is 1. The molecule has 2 nitrogen and oxygen atoms in total. The Balaban J connectivity index is 1.68. The van der Waals surface area contributed by atoms with Gasteiger partial charge in [-0.05, 0) is 67.6 Å². The van der Waals surface area contributed by atoms with E-state index < -0.39 is 9.71 Å². The van der Waals surface area contributed by atoms with Crippen LogP contribution in [0.5, 0.6) is 0 Å². The largest absolute Gasteiger partial charge is 0.253 e. The Labute approximate surface area is 99.3 Å². The molecule has 1 unspecified atom stereocenters. The summed E-state index contributed by atoms with van der Waals surface area (Å²) in [6, 6.07) is 0. The second kappa shape index (κ2) is 3.74. The highest BCUT2D eigenvalue weighted by molar-refractivity contribution is 7.97. The van der Waals surface area contributed by atoms with Gasteiger partial charge in [0.15, 0.2) is 0 Å². The molecule has 0 aromatic rings. The molecule has 0 spiro atoms. The molecule has 4 bridgehead atoms. The van der Waals surface area contributed by atoms with Crippen molar-refractivity contribution in [1.82, 2.24) is 4.72 Å². The van der Waals surface area contributed by atoms with Crippen molar-refractivity contribution in [2.45, 2.75) is 32.1 Å². The molecule has 0 aromatic heterocycles. The molecule has 0 aromatic carbocycles. The molecule has 4 aliphatic rings. The van der Waals surface area contributed by atoms with Gasteiger partial charge >= 0.3 is 0 Å². The molecule has 4 rings (SSSR count). The highest BCUT2D eigenvalue weighted by atomic mass is 32.2. The molecule has 4 saturated carbocycles. The van der Waals surface area contributed by atoms with Gasteiger partial charge < -0.3 is 0 Å². The van der Waals surface area contributed by atoms with Crippen LogP contribution >= 0.6 is 0 Å². The normalized spacial score (nSPS) is 49.2. The summed E-state index contributed by atoms with van der Waals surface area (Å²) in [5.74, 6) is 8.38. The van der Waals surface area contributed by atoms with Gasteiger partial charge in [-0.2, -0.15) is 0 Å². The second-order valence-corrected chi connectivity index (χ2v) is 8.75. The number of nitrogens with one attached hydrogen (secondary N) is 1. The van der Waals surface area contributed by atoms with Crippen LogP contribution in [0.4, 0.5) is 0 Å². The maximum Gasteiger partial charge on any atom is 0.0220 e. The first-order valence-electron chi connectivity index (χ1n) is 6.58. The third-order valence-electron chi connectivity index (χ3n) is 5.05. The Morgan fingerprint density at radius 1 is 1.12 bits per heavy atom. The van der Waals surface area contributed by atoms with Gasteiger partial charge in [0.1, 0.15) is 0 Å². The molecular weight excluding hydrogens is 218 g/mol. The van der Waals surface area contributed by atoms with Crippen LogP contribution in [-0.4, -0.2) is 22.9 Å².